The third-order valence-corrected chi connectivity index (χ3v) is 2.81. The summed E-state index contributed by atoms with van der Waals surface area (Å²) in [6.07, 6.45) is 4.64. The third-order valence-electron chi connectivity index (χ3n) is 2.81. The lowest BCUT2D eigenvalue weighted by molar-refractivity contribution is -0.295. The lowest BCUT2D eigenvalue weighted by atomic mass is 9.90. The molecule has 2 rings (SSSR count). The first kappa shape index (κ1) is 10.1. The monoisotopic (exact) mass is 198 g/mol. The molecule has 80 valence electrons. The zero-order chi connectivity index (χ0) is 9.97. The topological polar surface area (TPSA) is 31.0 Å². The fraction of sp³-hybridized carbons (Fsp3) is 0.818. The standard InChI is InChI=1S/C11H18O3/c1-8(2)6-12-13-7-9-3-4-10-11(5-9)14-10/h9-11H,1,3-7H2,2H3. The second kappa shape index (κ2) is 4.43. The van der Waals surface area contributed by atoms with Gasteiger partial charge in [0, 0.05) is 0 Å². The molecule has 14 heavy (non-hydrogen) atoms. The van der Waals surface area contributed by atoms with Gasteiger partial charge in [-0.05, 0) is 32.1 Å². The molecule has 3 heteroatoms. The zero-order valence-corrected chi connectivity index (χ0v) is 8.70. The molecule has 3 atom stereocenters. The molecule has 2 fully saturated rings. The molecule has 1 aliphatic carbocycles. The molecule has 0 amide bonds. The molecule has 0 aromatic rings. The van der Waals surface area contributed by atoms with Crippen LogP contribution in [0.2, 0.25) is 0 Å². The van der Waals surface area contributed by atoms with E-state index >= 15 is 0 Å². The van der Waals surface area contributed by atoms with Gasteiger partial charge in [0.2, 0.25) is 0 Å². The minimum atomic E-state index is 0.495. The van der Waals surface area contributed by atoms with Gasteiger partial charge in [-0.25, -0.2) is 9.78 Å². The summed E-state index contributed by atoms with van der Waals surface area (Å²) in [6, 6.07) is 0. The van der Waals surface area contributed by atoms with Crippen LogP contribution in [0, 0.1) is 5.92 Å². The van der Waals surface area contributed by atoms with E-state index < -0.39 is 0 Å². The first-order chi connectivity index (χ1) is 6.75. The Hall–Kier alpha value is -0.380. The second-order valence-corrected chi connectivity index (χ2v) is 4.40. The SMILES string of the molecule is C=C(C)COOCC1CCC2OC2C1. The highest BCUT2D eigenvalue weighted by molar-refractivity contribution is 4.91. The van der Waals surface area contributed by atoms with E-state index in [9.17, 15) is 0 Å². The number of fused-ring (bicyclic) bond motifs is 1. The molecular formula is C11H18O3. The van der Waals surface area contributed by atoms with Crippen molar-refractivity contribution in [2.75, 3.05) is 13.2 Å². The van der Waals surface area contributed by atoms with Crippen molar-refractivity contribution in [3.05, 3.63) is 12.2 Å². The van der Waals surface area contributed by atoms with Gasteiger partial charge in [0.15, 0.2) is 0 Å². The van der Waals surface area contributed by atoms with Crippen molar-refractivity contribution < 1.29 is 14.5 Å². The van der Waals surface area contributed by atoms with Crippen LogP contribution < -0.4 is 0 Å². The molecule has 0 radical (unpaired) electrons. The fourth-order valence-electron chi connectivity index (χ4n) is 1.92. The summed E-state index contributed by atoms with van der Waals surface area (Å²) < 4.78 is 5.44. The van der Waals surface area contributed by atoms with E-state index in [0.717, 1.165) is 12.0 Å². The molecule has 1 saturated carbocycles. The maximum atomic E-state index is 5.44. The minimum absolute atomic E-state index is 0.495. The summed E-state index contributed by atoms with van der Waals surface area (Å²) in [5.74, 6) is 0.615. The maximum absolute atomic E-state index is 5.44. The van der Waals surface area contributed by atoms with Crippen LogP contribution in [0.15, 0.2) is 12.2 Å². The fourth-order valence-corrected chi connectivity index (χ4v) is 1.92. The van der Waals surface area contributed by atoms with Gasteiger partial charge in [-0.15, -0.1) is 0 Å². The minimum Gasteiger partial charge on any atom is -0.370 e. The molecule has 3 nitrogen and oxygen atoms in total. The van der Waals surface area contributed by atoms with Crippen LogP contribution in [0.25, 0.3) is 0 Å². The molecule has 0 aromatic carbocycles. The van der Waals surface area contributed by atoms with Crippen LogP contribution in [0.1, 0.15) is 26.2 Å². The van der Waals surface area contributed by atoms with Crippen molar-refractivity contribution in [3.8, 4) is 0 Å². The van der Waals surface area contributed by atoms with Gasteiger partial charge in [0.25, 0.3) is 0 Å². The van der Waals surface area contributed by atoms with Crippen LogP contribution in [-0.2, 0) is 14.5 Å². The Kier molecular flexibility index (Phi) is 3.21. The summed E-state index contributed by atoms with van der Waals surface area (Å²) in [5, 5.41) is 0. The van der Waals surface area contributed by atoms with Gasteiger partial charge >= 0.3 is 0 Å². The number of ether oxygens (including phenoxy) is 1. The van der Waals surface area contributed by atoms with Gasteiger partial charge in [0.1, 0.15) is 6.61 Å². The molecular weight excluding hydrogens is 180 g/mol. The van der Waals surface area contributed by atoms with Crippen molar-refractivity contribution >= 4 is 0 Å². The molecule has 1 aliphatic heterocycles. The van der Waals surface area contributed by atoms with Gasteiger partial charge in [-0.3, -0.25) is 0 Å². The molecule has 0 spiro atoms. The van der Waals surface area contributed by atoms with Crippen LogP contribution in [0.4, 0.5) is 0 Å². The lowest BCUT2D eigenvalue weighted by Crippen LogP contribution is -2.18. The van der Waals surface area contributed by atoms with E-state index in [-0.39, 0.29) is 0 Å². The third kappa shape index (κ3) is 2.80. The first-order valence-electron chi connectivity index (χ1n) is 5.30. The van der Waals surface area contributed by atoms with E-state index in [1.807, 2.05) is 6.92 Å². The number of hydrogen-bond donors (Lipinski definition) is 0. The number of rotatable bonds is 5. The normalized spacial score (nSPS) is 35.1. The molecule has 0 N–H and O–H groups in total. The predicted molar refractivity (Wildman–Crippen MR) is 52.7 cm³/mol. The molecule has 2 aliphatic rings. The summed E-state index contributed by atoms with van der Waals surface area (Å²) in [4.78, 5) is 10.1. The average Bonchev–Trinajstić information content (AvgIpc) is 2.90. The lowest BCUT2D eigenvalue weighted by Gasteiger charge is -2.17. The van der Waals surface area contributed by atoms with Gasteiger partial charge in [0.05, 0.1) is 18.8 Å². The summed E-state index contributed by atoms with van der Waals surface area (Å²) in [7, 11) is 0. The predicted octanol–water partition coefficient (Wildman–Crippen LogP) is 2.08. The van der Waals surface area contributed by atoms with E-state index in [2.05, 4.69) is 6.58 Å². The van der Waals surface area contributed by atoms with Crippen molar-refractivity contribution in [2.24, 2.45) is 5.92 Å². The molecule has 1 heterocycles. The number of hydrogen-bond acceptors (Lipinski definition) is 3. The van der Waals surface area contributed by atoms with Crippen molar-refractivity contribution in [3.63, 3.8) is 0 Å². The first-order valence-corrected chi connectivity index (χ1v) is 5.30. The second-order valence-electron chi connectivity index (χ2n) is 4.40. The van der Waals surface area contributed by atoms with E-state index in [1.165, 1.54) is 12.8 Å². The largest absolute Gasteiger partial charge is 0.370 e. The van der Waals surface area contributed by atoms with Crippen LogP contribution in [-0.4, -0.2) is 25.4 Å². The van der Waals surface area contributed by atoms with Gasteiger partial charge in [-0.1, -0.05) is 12.2 Å². The Bertz CT molecular complexity index is 215. The van der Waals surface area contributed by atoms with Crippen molar-refractivity contribution in [1.82, 2.24) is 0 Å². The van der Waals surface area contributed by atoms with Gasteiger partial charge in [-0.2, -0.15) is 0 Å². The molecule has 1 saturated heterocycles. The molecule has 0 aromatic heterocycles. The summed E-state index contributed by atoms with van der Waals surface area (Å²) >= 11 is 0. The highest BCUT2D eigenvalue weighted by atomic mass is 17.2. The Labute approximate surface area is 85.0 Å². The Morgan fingerprint density at radius 3 is 2.93 bits per heavy atom. The van der Waals surface area contributed by atoms with E-state index in [0.29, 0.717) is 31.3 Å². The van der Waals surface area contributed by atoms with E-state index in [4.69, 9.17) is 14.5 Å². The average molecular weight is 198 g/mol. The highest BCUT2D eigenvalue weighted by Crippen LogP contribution is 2.39. The Morgan fingerprint density at radius 1 is 1.36 bits per heavy atom. The van der Waals surface area contributed by atoms with Crippen LogP contribution >= 0.6 is 0 Å². The Morgan fingerprint density at radius 2 is 2.21 bits per heavy atom. The smallest absolute Gasteiger partial charge is 0.103 e. The zero-order valence-electron chi connectivity index (χ0n) is 8.70. The Balaban J connectivity index is 1.54. The summed E-state index contributed by atoms with van der Waals surface area (Å²) in [5.41, 5.74) is 0.985. The van der Waals surface area contributed by atoms with Crippen molar-refractivity contribution in [1.29, 1.82) is 0 Å². The molecule has 3 unspecified atom stereocenters. The van der Waals surface area contributed by atoms with Gasteiger partial charge < -0.3 is 4.74 Å². The van der Waals surface area contributed by atoms with Crippen LogP contribution in [0.3, 0.4) is 0 Å². The van der Waals surface area contributed by atoms with Crippen molar-refractivity contribution in [2.45, 2.75) is 38.4 Å². The number of epoxide rings is 1. The highest BCUT2D eigenvalue weighted by Gasteiger charge is 2.43. The van der Waals surface area contributed by atoms with E-state index in [1.54, 1.807) is 0 Å². The van der Waals surface area contributed by atoms with Crippen LogP contribution in [0.5, 0.6) is 0 Å². The maximum Gasteiger partial charge on any atom is 0.103 e. The quantitative estimate of drug-likeness (QED) is 0.223. The summed E-state index contributed by atoms with van der Waals surface area (Å²) in [6.45, 7) is 6.85. The molecule has 0 bridgehead atoms.